The lowest BCUT2D eigenvalue weighted by Gasteiger charge is -2.29. The summed E-state index contributed by atoms with van der Waals surface area (Å²) in [6, 6.07) is 5.52. The predicted octanol–water partition coefficient (Wildman–Crippen LogP) is 2.97. The van der Waals surface area contributed by atoms with Crippen LogP contribution in [0.2, 0.25) is 5.02 Å². The SMILES string of the molecule is CCCCC(N)(CO)c1cccc(S)c1Cl. The molecule has 0 aliphatic rings. The molecule has 90 valence electrons. The Labute approximate surface area is 107 Å². The molecule has 0 aliphatic heterocycles. The van der Waals surface area contributed by atoms with Crippen molar-refractivity contribution in [3.8, 4) is 0 Å². The molecule has 1 unspecified atom stereocenters. The second kappa shape index (κ2) is 5.92. The Morgan fingerprint density at radius 2 is 2.19 bits per heavy atom. The average molecular weight is 260 g/mol. The van der Waals surface area contributed by atoms with Gasteiger partial charge in [-0.2, -0.15) is 0 Å². The van der Waals surface area contributed by atoms with Crippen LogP contribution >= 0.6 is 24.2 Å². The van der Waals surface area contributed by atoms with Gasteiger partial charge in [0.05, 0.1) is 17.2 Å². The van der Waals surface area contributed by atoms with Crippen molar-refractivity contribution in [2.45, 2.75) is 36.6 Å². The molecule has 3 N–H and O–H groups in total. The number of halogens is 1. The van der Waals surface area contributed by atoms with Gasteiger partial charge >= 0.3 is 0 Å². The summed E-state index contributed by atoms with van der Waals surface area (Å²) in [6.07, 6.45) is 2.72. The minimum Gasteiger partial charge on any atom is -0.394 e. The van der Waals surface area contributed by atoms with E-state index in [2.05, 4.69) is 19.6 Å². The van der Waals surface area contributed by atoms with Crippen molar-refractivity contribution in [1.82, 2.24) is 0 Å². The Morgan fingerprint density at radius 3 is 2.75 bits per heavy atom. The molecule has 1 rings (SSSR count). The van der Waals surface area contributed by atoms with Crippen LogP contribution in [0.25, 0.3) is 0 Å². The van der Waals surface area contributed by atoms with Crippen LogP contribution in [-0.2, 0) is 5.54 Å². The lowest BCUT2D eigenvalue weighted by Crippen LogP contribution is -2.40. The van der Waals surface area contributed by atoms with Crippen LogP contribution in [0.15, 0.2) is 23.1 Å². The molecule has 4 heteroatoms. The summed E-state index contributed by atoms with van der Waals surface area (Å²) in [5, 5.41) is 10.0. The van der Waals surface area contributed by atoms with Crippen LogP contribution in [-0.4, -0.2) is 11.7 Å². The van der Waals surface area contributed by atoms with Crippen molar-refractivity contribution in [2.24, 2.45) is 5.73 Å². The minimum absolute atomic E-state index is 0.107. The van der Waals surface area contributed by atoms with E-state index in [1.54, 1.807) is 0 Å². The zero-order valence-corrected chi connectivity index (χ0v) is 11.1. The summed E-state index contributed by atoms with van der Waals surface area (Å²) in [5.41, 5.74) is 6.22. The van der Waals surface area contributed by atoms with Crippen molar-refractivity contribution >= 4 is 24.2 Å². The lowest BCUT2D eigenvalue weighted by molar-refractivity contribution is 0.185. The number of hydrogen-bond donors (Lipinski definition) is 3. The van der Waals surface area contributed by atoms with Crippen molar-refractivity contribution in [2.75, 3.05) is 6.61 Å². The van der Waals surface area contributed by atoms with Gasteiger partial charge < -0.3 is 10.8 Å². The number of hydrogen-bond acceptors (Lipinski definition) is 3. The molecule has 0 spiro atoms. The molecule has 1 atom stereocenters. The van der Waals surface area contributed by atoms with E-state index in [4.69, 9.17) is 17.3 Å². The zero-order valence-electron chi connectivity index (χ0n) is 9.41. The topological polar surface area (TPSA) is 46.2 Å². The largest absolute Gasteiger partial charge is 0.394 e. The first-order valence-electron chi connectivity index (χ1n) is 5.43. The maximum Gasteiger partial charge on any atom is 0.0659 e. The molecular formula is C12H18ClNOS. The van der Waals surface area contributed by atoms with E-state index in [-0.39, 0.29) is 6.61 Å². The molecule has 0 radical (unpaired) electrons. The van der Waals surface area contributed by atoms with Gasteiger partial charge in [-0.1, -0.05) is 43.5 Å². The molecule has 0 saturated heterocycles. The second-order valence-corrected chi connectivity index (χ2v) is 4.92. The smallest absolute Gasteiger partial charge is 0.0659 e. The van der Waals surface area contributed by atoms with E-state index in [1.807, 2.05) is 18.2 Å². The highest BCUT2D eigenvalue weighted by molar-refractivity contribution is 7.80. The predicted molar refractivity (Wildman–Crippen MR) is 71.2 cm³/mol. The highest BCUT2D eigenvalue weighted by atomic mass is 35.5. The Hall–Kier alpha value is -0.220. The molecule has 0 aromatic heterocycles. The van der Waals surface area contributed by atoms with E-state index in [1.165, 1.54) is 0 Å². The van der Waals surface area contributed by atoms with Crippen molar-refractivity contribution < 1.29 is 5.11 Å². The summed E-state index contributed by atoms with van der Waals surface area (Å²) in [5.74, 6) is 0. The van der Waals surface area contributed by atoms with Gasteiger partial charge in [0.15, 0.2) is 0 Å². The maximum atomic E-state index is 9.47. The van der Waals surface area contributed by atoms with Crippen LogP contribution in [0, 0.1) is 0 Å². The van der Waals surface area contributed by atoms with Gasteiger partial charge in [0.25, 0.3) is 0 Å². The monoisotopic (exact) mass is 259 g/mol. The molecule has 0 saturated carbocycles. The molecule has 0 bridgehead atoms. The molecule has 16 heavy (non-hydrogen) atoms. The average Bonchev–Trinajstić information content (AvgIpc) is 2.29. The second-order valence-electron chi connectivity index (χ2n) is 4.06. The van der Waals surface area contributed by atoms with Crippen molar-refractivity contribution in [3.63, 3.8) is 0 Å². The van der Waals surface area contributed by atoms with Crippen LogP contribution in [0.4, 0.5) is 0 Å². The Bertz CT molecular complexity index is 359. The lowest BCUT2D eigenvalue weighted by atomic mass is 9.86. The summed E-state index contributed by atoms with van der Waals surface area (Å²) in [6.45, 7) is 1.98. The van der Waals surface area contributed by atoms with Crippen LogP contribution in [0.1, 0.15) is 31.7 Å². The van der Waals surface area contributed by atoms with Crippen LogP contribution in [0.5, 0.6) is 0 Å². The summed E-state index contributed by atoms with van der Waals surface area (Å²) < 4.78 is 0. The fourth-order valence-corrected chi connectivity index (χ4v) is 2.22. The van der Waals surface area contributed by atoms with Gasteiger partial charge in [0.2, 0.25) is 0 Å². The summed E-state index contributed by atoms with van der Waals surface area (Å²) >= 11 is 10.4. The van der Waals surface area contributed by atoms with Gasteiger partial charge in [0, 0.05) is 4.90 Å². The van der Waals surface area contributed by atoms with Crippen molar-refractivity contribution in [1.29, 1.82) is 0 Å². The Kier molecular flexibility index (Phi) is 5.12. The third-order valence-corrected chi connectivity index (χ3v) is 3.68. The first kappa shape index (κ1) is 13.8. The summed E-state index contributed by atoms with van der Waals surface area (Å²) in [4.78, 5) is 0.693. The fourth-order valence-electron chi connectivity index (χ4n) is 1.70. The third-order valence-electron chi connectivity index (χ3n) is 2.77. The highest BCUT2D eigenvalue weighted by Crippen LogP contribution is 2.33. The summed E-state index contributed by atoms with van der Waals surface area (Å²) in [7, 11) is 0. The molecular weight excluding hydrogens is 242 g/mol. The molecule has 0 aliphatic carbocycles. The molecule has 2 nitrogen and oxygen atoms in total. The number of rotatable bonds is 5. The van der Waals surface area contributed by atoms with E-state index in [0.717, 1.165) is 24.8 Å². The first-order chi connectivity index (χ1) is 7.55. The first-order valence-corrected chi connectivity index (χ1v) is 6.25. The fraction of sp³-hybridized carbons (Fsp3) is 0.500. The molecule has 1 aromatic rings. The highest BCUT2D eigenvalue weighted by Gasteiger charge is 2.28. The number of nitrogens with two attached hydrogens (primary N) is 1. The van der Waals surface area contributed by atoms with E-state index in [0.29, 0.717) is 9.92 Å². The number of benzene rings is 1. The standard InChI is InChI=1S/C12H18ClNOS/c1-2-3-7-12(14,8-15)9-5-4-6-10(16)11(9)13/h4-6,15-16H,2-3,7-8,14H2,1H3. The van der Waals surface area contributed by atoms with Gasteiger partial charge in [-0.15, -0.1) is 12.6 Å². The normalized spacial score (nSPS) is 14.8. The van der Waals surface area contributed by atoms with Gasteiger partial charge in [0.1, 0.15) is 0 Å². The zero-order chi connectivity index (χ0) is 12.2. The van der Waals surface area contributed by atoms with E-state index >= 15 is 0 Å². The number of unbranched alkanes of at least 4 members (excludes halogenated alkanes) is 1. The molecule has 0 amide bonds. The quantitative estimate of drug-likeness (QED) is 0.712. The number of aliphatic hydroxyl groups is 1. The van der Waals surface area contributed by atoms with E-state index < -0.39 is 5.54 Å². The molecule has 1 aromatic carbocycles. The Balaban J connectivity index is 3.07. The number of thiol groups is 1. The van der Waals surface area contributed by atoms with Gasteiger partial charge in [-0.3, -0.25) is 0 Å². The molecule has 0 heterocycles. The van der Waals surface area contributed by atoms with Gasteiger partial charge in [-0.25, -0.2) is 0 Å². The maximum absolute atomic E-state index is 9.47. The van der Waals surface area contributed by atoms with Gasteiger partial charge in [-0.05, 0) is 18.1 Å². The van der Waals surface area contributed by atoms with E-state index in [9.17, 15) is 5.11 Å². The number of aliphatic hydroxyl groups excluding tert-OH is 1. The van der Waals surface area contributed by atoms with Crippen molar-refractivity contribution in [3.05, 3.63) is 28.8 Å². The third kappa shape index (κ3) is 2.92. The minimum atomic E-state index is -0.758. The Morgan fingerprint density at radius 1 is 1.50 bits per heavy atom. The molecule has 0 fully saturated rings. The van der Waals surface area contributed by atoms with Crippen LogP contribution in [0.3, 0.4) is 0 Å². The van der Waals surface area contributed by atoms with Crippen LogP contribution < -0.4 is 5.73 Å².